The molecule has 0 spiro atoms. The van der Waals surface area contributed by atoms with Gasteiger partial charge in [-0.25, -0.2) is 0 Å². The minimum absolute atomic E-state index is 0.202. The molecule has 136 valence electrons. The first-order chi connectivity index (χ1) is 10.9. The zero-order valence-electron chi connectivity index (χ0n) is 16.0. The molecule has 0 aromatic carbocycles. The molecule has 0 atom stereocenters. The van der Waals surface area contributed by atoms with Crippen LogP contribution in [0.1, 0.15) is 98.3 Å². The molecule has 1 amide bonds. The molecule has 0 aliphatic carbocycles. The number of nitrogens with one attached hydrogen (secondary N) is 1. The first-order valence-electron chi connectivity index (χ1n) is 9.70. The summed E-state index contributed by atoms with van der Waals surface area (Å²) in [4.78, 5) is 23.2. The number of hydrogen-bond donors (Lipinski definition) is 1. The topological polar surface area (TPSA) is 46.2 Å². The molecule has 0 aromatic heterocycles. The quantitative estimate of drug-likeness (QED) is 0.417. The smallest absolute Gasteiger partial charge is 0.219 e. The van der Waals surface area contributed by atoms with E-state index < -0.39 is 0 Å². The van der Waals surface area contributed by atoms with E-state index in [4.69, 9.17) is 0 Å². The summed E-state index contributed by atoms with van der Waals surface area (Å²) in [5.74, 6) is 1.81. The van der Waals surface area contributed by atoms with Crippen LogP contribution in [0.2, 0.25) is 0 Å². The van der Waals surface area contributed by atoms with Crippen molar-refractivity contribution in [3.05, 3.63) is 0 Å². The number of Topliss-reactive ketones (excluding diaryl/α,β-unsaturated/α-hetero) is 1. The number of carbonyl (C=O) groups is 2. The summed E-state index contributed by atoms with van der Waals surface area (Å²) in [5, 5.41) is 3.00. The first kappa shape index (κ1) is 22.1. The van der Waals surface area contributed by atoms with Gasteiger partial charge in [0.15, 0.2) is 0 Å². The molecule has 0 heterocycles. The first-order valence-corrected chi connectivity index (χ1v) is 9.70. The third-order valence-electron chi connectivity index (χ3n) is 4.03. The average molecular weight is 326 g/mol. The van der Waals surface area contributed by atoms with Crippen LogP contribution < -0.4 is 5.32 Å². The Balaban J connectivity index is 3.29. The van der Waals surface area contributed by atoms with E-state index in [9.17, 15) is 9.59 Å². The van der Waals surface area contributed by atoms with Gasteiger partial charge in [-0.1, -0.05) is 53.4 Å². The lowest BCUT2D eigenvalue weighted by Gasteiger charge is -2.07. The standard InChI is InChI=1S/C20H39NO2/c1-17(2)12-11-15-21-20(23)14-10-8-6-5-7-9-13-19(22)16-18(3)4/h17-18H,5-16H2,1-4H3,(H,21,23). The summed E-state index contributed by atoms with van der Waals surface area (Å²) in [7, 11) is 0. The predicted molar refractivity (Wildman–Crippen MR) is 98.5 cm³/mol. The van der Waals surface area contributed by atoms with E-state index in [1.54, 1.807) is 0 Å². The zero-order chi connectivity index (χ0) is 17.5. The molecule has 0 saturated heterocycles. The SMILES string of the molecule is CC(C)CCCNC(=O)CCCCCCCCC(=O)CC(C)C. The maximum Gasteiger partial charge on any atom is 0.219 e. The lowest BCUT2D eigenvalue weighted by atomic mass is 10.0. The summed E-state index contributed by atoms with van der Waals surface area (Å²) in [5.41, 5.74) is 0. The summed E-state index contributed by atoms with van der Waals surface area (Å²) >= 11 is 0. The van der Waals surface area contributed by atoms with Gasteiger partial charge < -0.3 is 5.32 Å². The molecule has 1 N–H and O–H groups in total. The van der Waals surface area contributed by atoms with Crippen LogP contribution in [0.25, 0.3) is 0 Å². The fourth-order valence-electron chi connectivity index (χ4n) is 2.70. The van der Waals surface area contributed by atoms with Crippen molar-refractivity contribution in [3.63, 3.8) is 0 Å². The Hall–Kier alpha value is -0.860. The maximum absolute atomic E-state index is 11.6. The average Bonchev–Trinajstić information content (AvgIpc) is 2.45. The highest BCUT2D eigenvalue weighted by Crippen LogP contribution is 2.11. The Morgan fingerprint density at radius 2 is 1.30 bits per heavy atom. The molecule has 0 saturated carbocycles. The van der Waals surface area contributed by atoms with Gasteiger partial charge >= 0.3 is 0 Å². The third kappa shape index (κ3) is 17.3. The largest absolute Gasteiger partial charge is 0.356 e. The minimum Gasteiger partial charge on any atom is -0.356 e. The van der Waals surface area contributed by atoms with Crippen molar-refractivity contribution < 1.29 is 9.59 Å². The van der Waals surface area contributed by atoms with Crippen LogP contribution >= 0.6 is 0 Å². The summed E-state index contributed by atoms with van der Waals surface area (Å²) in [6.45, 7) is 9.43. The second-order valence-electron chi connectivity index (χ2n) is 7.64. The minimum atomic E-state index is 0.202. The van der Waals surface area contributed by atoms with Crippen LogP contribution in [0.4, 0.5) is 0 Å². The van der Waals surface area contributed by atoms with E-state index in [0.29, 0.717) is 24.0 Å². The molecule has 3 heteroatoms. The van der Waals surface area contributed by atoms with Crippen LogP contribution in [-0.2, 0) is 9.59 Å². The number of unbranched alkanes of at least 4 members (excludes halogenated alkanes) is 5. The fourth-order valence-corrected chi connectivity index (χ4v) is 2.70. The van der Waals surface area contributed by atoms with Crippen molar-refractivity contribution in [1.29, 1.82) is 0 Å². The highest BCUT2D eigenvalue weighted by atomic mass is 16.1. The van der Waals surface area contributed by atoms with Crippen LogP contribution in [0.15, 0.2) is 0 Å². The maximum atomic E-state index is 11.6. The van der Waals surface area contributed by atoms with Crippen molar-refractivity contribution in [2.45, 2.75) is 98.3 Å². The van der Waals surface area contributed by atoms with Crippen molar-refractivity contribution in [1.82, 2.24) is 5.32 Å². The fraction of sp³-hybridized carbons (Fsp3) is 0.900. The monoisotopic (exact) mass is 325 g/mol. The third-order valence-corrected chi connectivity index (χ3v) is 4.03. The van der Waals surface area contributed by atoms with Crippen molar-refractivity contribution in [2.24, 2.45) is 11.8 Å². The van der Waals surface area contributed by atoms with Crippen molar-refractivity contribution in [2.75, 3.05) is 6.54 Å². The number of rotatable bonds is 15. The Labute approximate surface area is 144 Å². The van der Waals surface area contributed by atoms with Crippen LogP contribution in [0, 0.1) is 11.8 Å². The molecular formula is C20H39NO2. The van der Waals surface area contributed by atoms with E-state index >= 15 is 0 Å². The van der Waals surface area contributed by atoms with Crippen LogP contribution in [0.5, 0.6) is 0 Å². The van der Waals surface area contributed by atoms with Crippen molar-refractivity contribution in [3.8, 4) is 0 Å². The lowest BCUT2D eigenvalue weighted by molar-refractivity contribution is -0.121. The molecule has 0 fully saturated rings. The highest BCUT2D eigenvalue weighted by Gasteiger charge is 2.04. The molecule has 0 rings (SSSR count). The second-order valence-corrected chi connectivity index (χ2v) is 7.64. The normalized spacial score (nSPS) is 11.2. The number of hydrogen-bond acceptors (Lipinski definition) is 2. The van der Waals surface area contributed by atoms with Gasteiger partial charge in [-0.15, -0.1) is 0 Å². The van der Waals surface area contributed by atoms with Crippen LogP contribution in [-0.4, -0.2) is 18.2 Å². The summed E-state index contributed by atoms with van der Waals surface area (Å²) in [6, 6.07) is 0. The van der Waals surface area contributed by atoms with E-state index in [0.717, 1.165) is 51.5 Å². The molecule has 3 nitrogen and oxygen atoms in total. The Morgan fingerprint density at radius 3 is 1.87 bits per heavy atom. The lowest BCUT2D eigenvalue weighted by Crippen LogP contribution is -2.24. The number of amides is 1. The summed E-state index contributed by atoms with van der Waals surface area (Å²) < 4.78 is 0. The number of carbonyl (C=O) groups excluding carboxylic acids is 2. The molecule has 0 radical (unpaired) electrons. The second kappa shape index (κ2) is 14.7. The molecule has 0 aliphatic heterocycles. The predicted octanol–water partition coefficient (Wildman–Crippen LogP) is 5.27. The molecule has 0 aromatic rings. The van der Waals surface area contributed by atoms with E-state index in [-0.39, 0.29) is 5.91 Å². The van der Waals surface area contributed by atoms with Gasteiger partial charge in [0.2, 0.25) is 5.91 Å². The molecule has 0 aliphatic rings. The van der Waals surface area contributed by atoms with Gasteiger partial charge in [0, 0.05) is 25.8 Å². The van der Waals surface area contributed by atoms with Crippen LogP contribution in [0.3, 0.4) is 0 Å². The van der Waals surface area contributed by atoms with Gasteiger partial charge in [-0.3, -0.25) is 9.59 Å². The Morgan fingerprint density at radius 1 is 0.739 bits per heavy atom. The van der Waals surface area contributed by atoms with E-state index in [1.807, 2.05) is 0 Å². The van der Waals surface area contributed by atoms with Gasteiger partial charge in [-0.2, -0.15) is 0 Å². The molecule has 0 bridgehead atoms. The van der Waals surface area contributed by atoms with E-state index in [1.165, 1.54) is 19.3 Å². The molecular weight excluding hydrogens is 286 g/mol. The number of ketones is 1. The van der Waals surface area contributed by atoms with Gasteiger partial charge in [0.05, 0.1) is 0 Å². The molecule has 23 heavy (non-hydrogen) atoms. The van der Waals surface area contributed by atoms with Gasteiger partial charge in [0.1, 0.15) is 5.78 Å². The summed E-state index contributed by atoms with van der Waals surface area (Å²) in [6.07, 6.45) is 11.1. The van der Waals surface area contributed by atoms with Crippen molar-refractivity contribution >= 4 is 11.7 Å². The Bertz CT molecular complexity index is 311. The van der Waals surface area contributed by atoms with E-state index in [2.05, 4.69) is 33.0 Å². The van der Waals surface area contributed by atoms with Gasteiger partial charge in [0.25, 0.3) is 0 Å². The zero-order valence-corrected chi connectivity index (χ0v) is 16.0. The van der Waals surface area contributed by atoms with Gasteiger partial charge in [-0.05, 0) is 37.5 Å². The Kier molecular flexibility index (Phi) is 14.2. The molecule has 0 unspecified atom stereocenters. The highest BCUT2D eigenvalue weighted by molar-refractivity contribution is 5.78.